The van der Waals surface area contributed by atoms with E-state index in [-0.39, 0.29) is 0 Å². The first-order valence-electron chi connectivity index (χ1n) is 9.40. The second kappa shape index (κ2) is 5.03. The monoisotopic (exact) mass is 276 g/mol. The molecule has 116 valence electrons. The zero-order valence-corrected chi connectivity index (χ0v) is 14.5. The topological polar surface area (TPSA) is 0 Å². The molecule has 7 atom stereocenters. The van der Waals surface area contributed by atoms with Gasteiger partial charge in [-0.3, -0.25) is 0 Å². The van der Waals surface area contributed by atoms with Gasteiger partial charge in [-0.15, -0.1) is 0 Å². The zero-order valence-electron chi connectivity index (χ0n) is 14.5. The molecule has 0 heterocycles. The summed E-state index contributed by atoms with van der Waals surface area (Å²) in [5.74, 6) is 5.06. The maximum Gasteiger partial charge on any atom is -0.0266 e. The third kappa shape index (κ3) is 2.08. The largest absolute Gasteiger partial charge is 0.0649 e. The molecule has 0 nitrogen and oxygen atoms in total. The Morgan fingerprint density at radius 3 is 2.40 bits per heavy atom. The van der Waals surface area contributed by atoms with Gasteiger partial charge in [-0.05, 0) is 78.9 Å². The summed E-state index contributed by atoms with van der Waals surface area (Å²) in [6, 6.07) is 0. The first kappa shape index (κ1) is 14.9. The Bertz CT molecular complexity index is 359. The molecule has 3 aliphatic rings. The molecule has 0 bridgehead atoms. The summed E-state index contributed by atoms with van der Waals surface area (Å²) in [6.07, 6.45) is 12.0. The van der Waals surface area contributed by atoms with E-state index in [1.165, 1.54) is 51.4 Å². The Morgan fingerprint density at radius 2 is 1.70 bits per heavy atom. The third-order valence-corrected chi connectivity index (χ3v) is 8.58. The highest BCUT2D eigenvalue weighted by Crippen LogP contribution is 2.63. The predicted octanol–water partition coefficient (Wildman–Crippen LogP) is 6.30. The van der Waals surface area contributed by atoms with Crippen LogP contribution in [0.4, 0.5) is 0 Å². The second-order valence-corrected chi connectivity index (χ2v) is 9.26. The molecule has 0 saturated heterocycles. The summed E-state index contributed by atoms with van der Waals surface area (Å²) in [6.45, 7) is 12.8. The van der Waals surface area contributed by atoms with Crippen molar-refractivity contribution in [2.24, 2.45) is 40.4 Å². The van der Waals surface area contributed by atoms with Gasteiger partial charge in [0.1, 0.15) is 0 Å². The minimum absolute atomic E-state index is 0.631. The molecule has 0 radical (unpaired) electrons. The Morgan fingerprint density at radius 1 is 0.950 bits per heavy atom. The number of hydrogen-bond acceptors (Lipinski definition) is 0. The van der Waals surface area contributed by atoms with E-state index >= 15 is 0 Å². The van der Waals surface area contributed by atoms with E-state index in [1.54, 1.807) is 0 Å². The van der Waals surface area contributed by atoms with E-state index in [9.17, 15) is 0 Å². The first-order valence-corrected chi connectivity index (χ1v) is 9.40. The highest BCUT2D eigenvalue weighted by molar-refractivity contribution is 5.04. The molecule has 0 heteroatoms. The van der Waals surface area contributed by atoms with Crippen molar-refractivity contribution < 1.29 is 0 Å². The van der Waals surface area contributed by atoms with Gasteiger partial charge in [-0.2, -0.15) is 0 Å². The molecule has 0 aromatic carbocycles. The summed E-state index contributed by atoms with van der Waals surface area (Å²) in [5, 5.41) is 0. The van der Waals surface area contributed by atoms with Crippen LogP contribution in [0.5, 0.6) is 0 Å². The fourth-order valence-electron chi connectivity index (χ4n) is 6.52. The fraction of sp³-hybridized carbons (Fsp3) is 1.00. The van der Waals surface area contributed by atoms with E-state index < -0.39 is 0 Å². The van der Waals surface area contributed by atoms with E-state index in [0.29, 0.717) is 10.8 Å². The van der Waals surface area contributed by atoms with Crippen LogP contribution in [0.15, 0.2) is 0 Å². The summed E-state index contributed by atoms with van der Waals surface area (Å²) in [4.78, 5) is 0. The van der Waals surface area contributed by atoms with Crippen LogP contribution in [0.1, 0.15) is 86.0 Å². The van der Waals surface area contributed by atoms with Crippen LogP contribution in [-0.4, -0.2) is 0 Å². The molecule has 3 fully saturated rings. The second-order valence-electron chi connectivity index (χ2n) is 9.26. The summed E-state index contributed by atoms with van der Waals surface area (Å²) in [7, 11) is 0. The van der Waals surface area contributed by atoms with Crippen molar-refractivity contribution in [2.45, 2.75) is 86.0 Å². The molecule has 3 rings (SSSR count). The van der Waals surface area contributed by atoms with Gasteiger partial charge in [-0.1, -0.05) is 47.5 Å². The van der Waals surface area contributed by atoms with Gasteiger partial charge in [0.25, 0.3) is 0 Å². The zero-order chi connectivity index (χ0) is 14.5. The maximum atomic E-state index is 2.68. The molecular formula is C20H36. The van der Waals surface area contributed by atoms with Crippen molar-refractivity contribution in [3.8, 4) is 0 Å². The fourth-order valence-corrected chi connectivity index (χ4v) is 6.52. The van der Waals surface area contributed by atoms with Gasteiger partial charge in [-0.25, -0.2) is 0 Å². The molecule has 20 heavy (non-hydrogen) atoms. The predicted molar refractivity (Wildman–Crippen MR) is 87.6 cm³/mol. The van der Waals surface area contributed by atoms with Crippen LogP contribution in [0.3, 0.4) is 0 Å². The lowest BCUT2D eigenvalue weighted by molar-refractivity contribution is -0.114. The molecule has 0 spiro atoms. The Kier molecular flexibility index (Phi) is 3.75. The van der Waals surface area contributed by atoms with Crippen LogP contribution < -0.4 is 0 Å². The minimum Gasteiger partial charge on any atom is -0.0649 e. The van der Waals surface area contributed by atoms with Crippen molar-refractivity contribution in [3.63, 3.8) is 0 Å². The summed E-state index contributed by atoms with van der Waals surface area (Å²) in [5.41, 5.74) is 1.32. The lowest BCUT2D eigenvalue weighted by atomic mass is 9.44. The molecule has 3 aliphatic carbocycles. The van der Waals surface area contributed by atoms with Crippen molar-refractivity contribution >= 4 is 0 Å². The van der Waals surface area contributed by atoms with Crippen molar-refractivity contribution in [1.82, 2.24) is 0 Å². The number of fused-ring (bicyclic) bond motifs is 3. The van der Waals surface area contributed by atoms with Gasteiger partial charge in [0.15, 0.2) is 0 Å². The van der Waals surface area contributed by atoms with E-state index in [0.717, 1.165) is 29.6 Å². The Balaban J connectivity index is 1.84. The quantitative estimate of drug-likeness (QED) is 0.527. The Labute approximate surface area is 127 Å². The molecule has 0 aromatic rings. The van der Waals surface area contributed by atoms with Gasteiger partial charge >= 0.3 is 0 Å². The standard InChI is InChI=1S/C20H36/c1-6-19(4)11-10-18-17(15(19)3)8-7-16-13-14(2)9-12-20(16,18)5/h14-18H,6-13H2,1-5H3/t14-,15?,16?,17?,18?,19+,20+/m1/s1. The van der Waals surface area contributed by atoms with Crippen LogP contribution >= 0.6 is 0 Å². The van der Waals surface area contributed by atoms with Gasteiger partial charge < -0.3 is 0 Å². The van der Waals surface area contributed by atoms with Crippen LogP contribution in [0.2, 0.25) is 0 Å². The third-order valence-electron chi connectivity index (χ3n) is 8.58. The molecule has 0 N–H and O–H groups in total. The SMILES string of the molecule is CC[C@@]1(C)CCC2C(CCC3C[C@H](C)CC[C@@]32C)C1C. The molecule has 3 saturated carbocycles. The van der Waals surface area contributed by atoms with E-state index in [4.69, 9.17) is 0 Å². The smallest absolute Gasteiger partial charge is 0.0266 e. The molecule has 4 unspecified atom stereocenters. The van der Waals surface area contributed by atoms with Crippen molar-refractivity contribution in [2.75, 3.05) is 0 Å². The summed E-state index contributed by atoms with van der Waals surface area (Å²) >= 11 is 0. The van der Waals surface area contributed by atoms with Crippen LogP contribution in [0, 0.1) is 40.4 Å². The average molecular weight is 277 g/mol. The lowest BCUT2D eigenvalue weighted by Crippen LogP contribution is -2.52. The highest BCUT2D eigenvalue weighted by atomic mass is 14.6. The Hall–Kier alpha value is 0. The first-order chi connectivity index (χ1) is 9.40. The van der Waals surface area contributed by atoms with Crippen LogP contribution in [-0.2, 0) is 0 Å². The number of rotatable bonds is 1. The molecule has 0 aliphatic heterocycles. The molecular weight excluding hydrogens is 240 g/mol. The van der Waals surface area contributed by atoms with Crippen molar-refractivity contribution in [1.29, 1.82) is 0 Å². The lowest BCUT2D eigenvalue weighted by Gasteiger charge is -2.61. The highest BCUT2D eigenvalue weighted by Gasteiger charge is 2.55. The average Bonchev–Trinajstić information content (AvgIpc) is 2.43. The van der Waals surface area contributed by atoms with Gasteiger partial charge in [0.2, 0.25) is 0 Å². The van der Waals surface area contributed by atoms with Gasteiger partial charge in [0.05, 0.1) is 0 Å². The van der Waals surface area contributed by atoms with E-state index in [1.807, 2.05) is 0 Å². The van der Waals surface area contributed by atoms with E-state index in [2.05, 4.69) is 34.6 Å². The maximum absolute atomic E-state index is 2.68. The van der Waals surface area contributed by atoms with Crippen molar-refractivity contribution in [3.05, 3.63) is 0 Å². The minimum atomic E-state index is 0.631. The number of hydrogen-bond donors (Lipinski definition) is 0. The summed E-state index contributed by atoms with van der Waals surface area (Å²) < 4.78 is 0. The van der Waals surface area contributed by atoms with Gasteiger partial charge in [0, 0.05) is 0 Å². The molecule has 0 amide bonds. The van der Waals surface area contributed by atoms with Crippen LogP contribution in [0.25, 0.3) is 0 Å². The molecule has 0 aromatic heterocycles. The normalized spacial score (nSPS) is 56.0.